The lowest BCUT2D eigenvalue weighted by Gasteiger charge is -2.28. The fraction of sp³-hybridized carbons (Fsp3) is 0.467. The molecule has 1 amide bonds. The van der Waals surface area contributed by atoms with Gasteiger partial charge in [0.05, 0.1) is 0 Å². The minimum absolute atomic E-state index is 0.0244. The van der Waals surface area contributed by atoms with E-state index in [2.05, 4.69) is 5.32 Å². The van der Waals surface area contributed by atoms with Gasteiger partial charge in [0.2, 0.25) is 5.91 Å². The largest absolute Gasteiger partial charge is 0.314 e. The summed E-state index contributed by atoms with van der Waals surface area (Å²) < 4.78 is 0. The molecule has 0 radical (unpaired) electrons. The average molecular weight is 260 g/mol. The number of hydrogen-bond acceptors (Lipinski definition) is 3. The molecule has 4 heteroatoms. The van der Waals surface area contributed by atoms with Gasteiger partial charge in [-0.25, -0.2) is 0 Å². The molecule has 1 saturated heterocycles. The summed E-state index contributed by atoms with van der Waals surface area (Å²) in [4.78, 5) is 25.5. The number of carbonyl (C=O) groups excluding carboxylic acids is 2. The van der Waals surface area contributed by atoms with Crippen LogP contribution in [0.5, 0.6) is 0 Å². The molecule has 1 aromatic carbocycles. The molecule has 1 heterocycles. The Morgan fingerprint density at radius 1 is 1.42 bits per heavy atom. The molecule has 4 nitrogen and oxygen atoms in total. The van der Waals surface area contributed by atoms with Crippen molar-refractivity contribution in [3.8, 4) is 0 Å². The van der Waals surface area contributed by atoms with Gasteiger partial charge in [-0.2, -0.15) is 0 Å². The van der Waals surface area contributed by atoms with Crippen molar-refractivity contribution >= 4 is 17.4 Å². The van der Waals surface area contributed by atoms with E-state index in [1.807, 2.05) is 19.1 Å². The second kappa shape index (κ2) is 5.97. The topological polar surface area (TPSA) is 49.4 Å². The predicted molar refractivity (Wildman–Crippen MR) is 75.5 cm³/mol. The molecule has 102 valence electrons. The molecule has 0 bridgehead atoms. The number of Topliss-reactive ketones (excluding diaryl/α,β-unsaturated/α-hetero) is 1. The van der Waals surface area contributed by atoms with Crippen LogP contribution in [0.25, 0.3) is 0 Å². The third kappa shape index (κ3) is 3.41. The highest BCUT2D eigenvalue weighted by atomic mass is 16.2. The minimum Gasteiger partial charge on any atom is -0.314 e. The van der Waals surface area contributed by atoms with Crippen molar-refractivity contribution in [3.63, 3.8) is 0 Å². The van der Waals surface area contributed by atoms with Crippen molar-refractivity contribution < 1.29 is 9.59 Å². The Hall–Kier alpha value is -1.68. The normalized spacial score (nSPS) is 20.8. The molecule has 1 aromatic rings. The Bertz CT molecular complexity index is 485. The molecule has 0 saturated carbocycles. The van der Waals surface area contributed by atoms with Crippen LogP contribution in [0.2, 0.25) is 0 Å². The number of rotatable bonds is 2. The van der Waals surface area contributed by atoms with Crippen LogP contribution in [0.1, 0.15) is 37.0 Å². The van der Waals surface area contributed by atoms with E-state index >= 15 is 0 Å². The number of carbonyl (C=O) groups is 2. The molecular weight excluding hydrogens is 240 g/mol. The second-order valence-corrected chi connectivity index (χ2v) is 5.06. The van der Waals surface area contributed by atoms with E-state index in [-0.39, 0.29) is 17.7 Å². The van der Waals surface area contributed by atoms with Crippen LogP contribution in [0, 0.1) is 0 Å². The van der Waals surface area contributed by atoms with Gasteiger partial charge in [-0.05, 0) is 38.9 Å². The van der Waals surface area contributed by atoms with Gasteiger partial charge in [0.1, 0.15) is 0 Å². The average Bonchev–Trinajstić information content (AvgIpc) is 2.36. The van der Waals surface area contributed by atoms with E-state index in [1.165, 1.54) is 0 Å². The van der Waals surface area contributed by atoms with Gasteiger partial charge in [-0.3, -0.25) is 9.59 Å². The van der Waals surface area contributed by atoms with Crippen LogP contribution >= 0.6 is 0 Å². The van der Waals surface area contributed by atoms with Gasteiger partial charge in [0.25, 0.3) is 0 Å². The summed E-state index contributed by atoms with van der Waals surface area (Å²) in [6.07, 6.45) is 1.41. The summed E-state index contributed by atoms with van der Waals surface area (Å²) in [7, 11) is 0. The van der Waals surface area contributed by atoms with E-state index in [9.17, 15) is 9.59 Å². The van der Waals surface area contributed by atoms with Crippen LogP contribution in [0.4, 0.5) is 5.69 Å². The van der Waals surface area contributed by atoms with Crippen molar-refractivity contribution in [2.75, 3.05) is 18.0 Å². The van der Waals surface area contributed by atoms with Crippen LogP contribution in [-0.4, -0.2) is 30.8 Å². The Morgan fingerprint density at radius 3 is 2.95 bits per heavy atom. The molecule has 1 N–H and O–H groups in total. The van der Waals surface area contributed by atoms with E-state index in [0.29, 0.717) is 18.5 Å². The zero-order chi connectivity index (χ0) is 13.8. The van der Waals surface area contributed by atoms with Gasteiger partial charge < -0.3 is 10.2 Å². The smallest absolute Gasteiger partial charge is 0.228 e. The molecule has 1 atom stereocenters. The van der Waals surface area contributed by atoms with Crippen LogP contribution in [0.15, 0.2) is 24.3 Å². The van der Waals surface area contributed by atoms with Gasteiger partial charge in [0, 0.05) is 30.3 Å². The molecule has 1 unspecified atom stereocenters. The maximum absolute atomic E-state index is 12.3. The first kappa shape index (κ1) is 13.7. The molecule has 0 aromatic heterocycles. The Morgan fingerprint density at radius 2 is 2.21 bits per heavy atom. The summed E-state index contributed by atoms with van der Waals surface area (Å²) in [6, 6.07) is 7.51. The van der Waals surface area contributed by atoms with Crippen molar-refractivity contribution in [1.82, 2.24) is 5.32 Å². The molecule has 0 aliphatic carbocycles. The van der Waals surface area contributed by atoms with Crippen molar-refractivity contribution in [3.05, 3.63) is 29.8 Å². The maximum Gasteiger partial charge on any atom is 0.228 e. The number of hydrogen-bond donors (Lipinski definition) is 1. The number of nitrogens with one attached hydrogen (secondary N) is 1. The molecular formula is C15H20N2O2. The van der Waals surface area contributed by atoms with E-state index in [0.717, 1.165) is 18.7 Å². The molecule has 1 fully saturated rings. The molecule has 1 aliphatic rings. The summed E-state index contributed by atoms with van der Waals surface area (Å²) >= 11 is 0. The van der Waals surface area contributed by atoms with Crippen molar-refractivity contribution in [2.24, 2.45) is 0 Å². The fourth-order valence-electron chi connectivity index (χ4n) is 2.32. The van der Waals surface area contributed by atoms with Gasteiger partial charge in [0.15, 0.2) is 5.78 Å². The van der Waals surface area contributed by atoms with Crippen molar-refractivity contribution in [1.29, 1.82) is 0 Å². The highest BCUT2D eigenvalue weighted by Gasteiger charge is 2.20. The summed E-state index contributed by atoms with van der Waals surface area (Å²) in [5.41, 5.74) is 1.48. The van der Waals surface area contributed by atoms with Crippen LogP contribution in [-0.2, 0) is 4.79 Å². The van der Waals surface area contributed by atoms with E-state index in [1.54, 1.807) is 24.0 Å². The highest BCUT2D eigenvalue weighted by molar-refractivity contribution is 5.98. The quantitative estimate of drug-likeness (QED) is 0.827. The predicted octanol–water partition coefficient (Wildman–Crippen LogP) is 1.99. The second-order valence-electron chi connectivity index (χ2n) is 5.06. The zero-order valence-corrected chi connectivity index (χ0v) is 11.5. The van der Waals surface area contributed by atoms with Gasteiger partial charge in [-0.1, -0.05) is 12.1 Å². The highest BCUT2D eigenvalue weighted by Crippen LogP contribution is 2.19. The Balaban J connectivity index is 2.25. The Labute approximate surface area is 113 Å². The third-order valence-electron chi connectivity index (χ3n) is 3.40. The molecule has 0 spiro atoms. The number of benzene rings is 1. The summed E-state index contributed by atoms with van der Waals surface area (Å²) in [5.74, 6) is 0.136. The lowest BCUT2D eigenvalue weighted by molar-refractivity contribution is -0.119. The van der Waals surface area contributed by atoms with Crippen molar-refractivity contribution in [2.45, 2.75) is 32.7 Å². The fourth-order valence-corrected chi connectivity index (χ4v) is 2.32. The summed E-state index contributed by atoms with van der Waals surface area (Å²) in [5, 5.41) is 3.31. The lowest BCUT2D eigenvalue weighted by Crippen LogP contribution is -2.42. The molecule has 2 rings (SSSR count). The van der Waals surface area contributed by atoms with Gasteiger partial charge >= 0.3 is 0 Å². The summed E-state index contributed by atoms with van der Waals surface area (Å²) in [6.45, 7) is 5.17. The lowest BCUT2D eigenvalue weighted by atomic mass is 10.1. The third-order valence-corrected chi connectivity index (χ3v) is 3.40. The Kier molecular flexibility index (Phi) is 4.32. The van der Waals surface area contributed by atoms with Crippen LogP contribution < -0.4 is 10.2 Å². The zero-order valence-electron chi connectivity index (χ0n) is 11.5. The number of anilines is 1. The first-order valence-electron chi connectivity index (χ1n) is 6.72. The monoisotopic (exact) mass is 260 g/mol. The van der Waals surface area contributed by atoms with Crippen LogP contribution in [0.3, 0.4) is 0 Å². The molecule has 1 aliphatic heterocycles. The first-order valence-corrected chi connectivity index (χ1v) is 6.72. The number of ketones is 1. The number of amides is 1. The maximum atomic E-state index is 12.3. The van der Waals surface area contributed by atoms with E-state index < -0.39 is 0 Å². The SMILES string of the molecule is CC(=O)c1cccc(N2CCCNC(C)CC2=O)c1. The minimum atomic E-state index is 0.0244. The first-order chi connectivity index (χ1) is 9.08. The van der Waals surface area contributed by atoms with E-state index in [4.69, 9.17) is 0 Å². The van der Waals surface area contributed by atoms with Gasteiger partial charge in [-0.15, -0.1) is 0 Å². The standard InChI is InChI=1S/C15H20N2O2/c1-11-9-15(19)17(8-4-7-16-11)14-6-3-5-13(10-14)12(2)18/h3,5-6,10-11,16H,4,7-9H2,1-2H3. The number of nitrogens with zero attached hydrogens (tertiary/aromatic N) is 1. The molecule has 19 heavy (non-hydrogen) atoms.